The maximum Gasteiger partial charge on any atom is 0.223 e. The fourth-order valence-electron chi connectivity index (χ4n) is 1.04. The minimum Gasteiger partial charge on any atom is -0.438 e. The van der Waals surface area contributed by atoms with Crippen molar-refractivity contribution < 1.29 is 9.13 Å². The SMILES string of the molecule is Fc1ccc(Br)c(Oc2cc(Cl)ncn2)c1. The normalized spacial score (nSPS) is 10.2. The van der Waals surface area contributed by atoms with Crippen LogP contribution in [-0.2, 0) is 0 Å². The summed E-state index contributed by atoms with van der Waals surface area (Å²) in [6.07, 6.45) is 1.27. The molecule has 0 saturated heterocycles. The minimum absolute atomic E-state index is 0.256. The van der Waals surface area contributed by atoms with Crippen molar-refractivity contribution in [3.05, 3.63) is 46.0 Å². The van der Waals surface area contributed by atoms with Gasteiger partial charge in [0.1, 0.15) is 23.0 Å². The molecular formula is C10H5BrClFN2O. The van der Waals surface area contributed by atoms with E-state index in [4.69, 9.17) is 16.3 Å². The highest BCUT2D eigenvalue weighted by Crippen LogP contribution is 2.29. The molecule has 1 heterocycles. The number of benzene rings is 1. The lowest BCUT2D eigenvalue weighted by Gasteiger charge is -2.06. The molecule has 2 aromatic rings. The van der Waals surface area contributed by atoms with E-state index in [0.717, 1.165) is 0 Å². The number of halogens is 3. The Labute approximate surface area is 104 Å². The molecule has 2 rings (SSSR count). The maximum absolute atomic E-state index is 13.0. The van der Waals surface area contributed by atoms with Gasteiger partial charge in [-0.25, -0.2) is 14.4 Å². The van der Waals surface area contributed by atoms with Crippen LogP contribution in [0.4, 0.5) is 4.39 Å². The molecule has 0 aliphatic heterocycles. The molecule has 0 aliphatic rings. The van der Waals surface area contributed by atoms with E-state index in [1.807, 2.05) is 0 Å². The summed E-state index contributed by atoms with van der Waals surface area (Å²) in [5, 5.41) is 0.262. The molecule has 0 saturated carbocycles. The zero-order chi connectivity index (χ0) is 11.5. The average molecular weight is 304 g/mol. The van der Waals surface area contributed by atoms with E-state index in [2.05, 4.69) is 25.9 Å². The number of hydrogen-bond donors (Lipinski definition) is 0. The fraction of sp³-hybridized carbons (Fsp3) is 0. The second-order valence-corrected chi connectivity index (χ2v) is 4.10. The summed E-state index contributed by atoms with van der Waals surface area (Å²) in [4.78, 5) is 7.55. The molecule has 0 amide bonds. The number of aromatic nitrogens is 2. The van der Waals surface area contributed by atoms with Crippen molar-refractivity contribution >= 4 is 27.5 Å². The van der Waals surface area contributed by atoms with Gasteiger partial charge in [0.05, 0.1) is 4.47 Å². The summed E-state index contributed by atoms with van der Waals surface area (Å²) in [7, 11) is 0. The third-order valence-corrected chi connectivity index (χ3v) is 2.58. The van der Waals surface area contributed by atoms with Crippen molar-refractivity contribution in [2.24, 2.45) is 0 Å². The lowest BCUT2D eigenvalue weighted by atomic mass is 10.3. The third-order valence-electron chi connectivity index (χ3n) is 1.72. The quantitative estimate of drug-likeness (QED) is 0.791. The summed E-state index contributed by atoms with van der Waals surface area (Å²) in [5.74, 6) is 0.194. The molecule has 6 heteroatoms. The second kappa shape index (κ2) is 4.76. The molecule has 0 aliphatic carbocycles. The number of rotatable bonds is 2. The Balaban J connectivity index is 2.30. The third kappa shape index (κ3) is 2.68. The zero-order valence-corrected chi connectivity index (χ0v) is 10.2. The van der Waals surface area contributed by atoms with Gasteiger partial charge >= 0.3 is 0 Å². The van der Waals surface area contributed by atoms with Crippen molar-refractivity contribution in [2.45, 2.75) is 0 Å². The van der Waals surface area contributed by atoms with Crippen LogP contribution in [0.3, 0.4) is 0 Å². The van der Waals surface area contributed by atoms with E-state index in [1.165, 1.54) is 24.5 Å². The van der Waals surface area contributed by atoms with Crippen LogP contribution in [0.15, 0.2) is 35.1 Å². The van der Waals surface area contributed by atoms with Crippen LogP contribution in [0.1, 0.15) is 0 Å². The summed E-state index contributed by atoms with van der Waals surface area (Å²) >= 11 is 8.90. The Morgan fingerprint density at radius 3 is 2.81 bits per heavy atom. The van der Waals surface area contributed by atoms with Crippen molar-refractivity contribution in [3.8, 4) is 11.6 Å². The second-order valence-electron chi connectivity index (χ2n) is 2.86. The first-order chi connectivity index (χ1) is 7.65. The first-order valence-corrected chi connectivity index (χ1v) is 5.43. The van der Waals surface area contributed by atoms with Crippen LogP contribution in [-0.4, -0.2) is 9.97 Å². The molecule has 3 nitrogen and oxygen atoms in total. The van der Waals surface area contributed by atoms with Crippen LogP contribution in [0.2, 0.25) is 5.15 Å². The number of ether oxygens (including phenoxy) is 1. The molecule has 0 atom stereocenters. The lowest BCUT2D eigenvalue weighted by Crippen LogP contribution is -1.90. The molecule has 0 spiro atoms. The number of nitrogens with zero attached hydrogens (tertiary/aromatic N) is 2. The fourth-order valence-corrected chi connectivity index (χ4v) is 1.51. The first-order valence-electron chi connectivity index (χ1n) is 4.25. The first kappa shape index (κ1) is 11.3. The molecule has 0 radical (unpaired) electrons. The van der Waals surface area contributed by atoms with Crippen molar-refractivity contribution in [3.63, 3.8) is 0 Å². The van der Waals surface area contributed by atoms with Gasteiger partial charge in [-0.2, -0.15) is 0 Å². The molecule has 1 aromatic heterocycles. The largest absolute Gasteiger partial charge is 0.438 e. The van der Waals surface area contributed by atoms with Crippen LogP contribution in [0, 0.1) is 5.82 Å². The van der Waals surface area contributed by atoms with Gasteiger partial charge in [-0.15, -0.1) is 0 Å². The van der Waals surface area contributed by atoms with Crippen LogP contribution >= 0.6 is 27.5 Å². The van der Waals surface area contributed by atoms with Gasteiger partial charge in [0, 0.05) is 12.1 Å². The Kier molecular flexibility index (Phi) is 3.36. The highest BCUT2D eigenvalue weighted by molar-refractivity contribution is 9.10. The van der Waals surface area contributed by atoms with Gasteiger partial charge in [0.15, 0.2) is 0 Å². The predicted molar refractivity (Wildman–Crippen MR) is 61.2 cm³/mol. The highest BCUT2D eigenvalue weighted by Gasteiger charge is 2.05. The van der Waals surface area contributed by atoms with Gasteiger partial charge in [-0.3, -0.25) is 0 Å². The Hall–Kier alpha value is -1.20. The molecule has 0 fully saturated rings. The van der Waals surface area contributed by atoms with Crippen molar-refractivity contribution in [1.29, 1.82) is 0 Å². The summed E-state index contributed by atoms with van der Waals surface area (Å²) < 4.78 is 18.9. The monoisotopic (exact) mass is 302 g/mol. The molecule has 82 valence electrons. The number of hydrogen-bond acceptors (Lipinski definition) is 3. The zero-order valence-electron chi connectivity index (χ0n) is 7.82. The van der Waals surface area contributed by atoms with E-state index in [0.29, 0.717) is 10.2 Å². The van der Waals surface area contributed by atoms with E-state index in [1.54, 1.807) is 6.07 Å². The average Bonchev–Trinajstić information content (AvgIpc) is 2.24. The predicted octanol–water partition coefficient (Wildman–Crippen LogP) is 3.82. The van der Waals surface area contributed by atoms with Crippen LogP contribution < -0.4 is 4.74 Å². The molecule has 16 heavy (non-hydrogen) atoms. The van der Waals surface area contributed by atoms with Gasteiger partial charge in [0.2, 0.25) is 5.88 Å². The Bertz CT molecular complexity index is 524. The summed E-state index contributed by atoms with van der Waals surface area (Å²) in [5.41, 5.74) is 0. The van der Waals surface area contributed by atoms with E-state index in [-0.39, 0.29) is 11.0 Å². The highest BCUT2D eigenvalue weighted by atomic mass is 79.9. The standard InChI is InChI=1S/C10H5BrClFN2O/c11-7-2-1-6(13)3-8(7)16-10-4-9(12)14-5-15-10/h1-5H. The smallest absolute Gasteiger partial charge is 0.223 e. The van der Waals surface area contributed by atoms with Gasteiger partial charge in [-0.1, -0.05) is 11.6 Å². The summed E-state index contributed by atoms with van der Waals surface area (Å²) in [6, 6.07) is 5.57. The molecule has 0 unspecified atom stereocenters. The van der Waals surface area contributed by atoms with Crippen molar-refractivity contribution in [2.75, 3.05) is 0 Å². The Morgan fingerprint density at radius 1 is 1.25 bits per heavy atom. The van der Waals surface area contributed by atoms with E-state index >= 15 is 0 Å². The molecule has 0 bridgehead atoms. The van der Waals surface area contributed by atoms with Gasteiger partial charge < -0.3 is 4.74 Å². The van der Waals surface area contributed by atoms with E-state index in [9.17, 15) is 4.39 Å². The van der Waals surface area contributed by atoms with E-state index < -0.39 is 5.82 Å². The molecule has 1 aromatic carbocycles. The topological polar surface area (TPSA) is 35.0 Å². The maximum atomic E-state index is 13.0. The Morgan fingerprint density at radius 2 is 2.06 bits per heavy atom. The van der Waals surface area contributed by atoms with Crippen LogP contribution in [0.5, 0.6) is 11.6 Å². The van der Waals surface area contributed by atoms with Crippen molar-refractivity contribution in [1.82, 2.24) is 9.97 Å². The van der Waals surface area contributed by atoms with Crippen LogP contribution in [0.25, 0.3) is 0 Å². The van der Waals surface area contributed by atoms with Gasteiger partial charge in [0.25, 0.3) is 0 Å². The summed E-state index contributed by atoms with van der Waals surface area (Å²) in [6.45, 7) is 0. The van der Waals surface area contributed by atoms with Gasteiger partial charge in [-0.05, 0) is 28.1 Å². The lowest BCUT2D eigenvalue weighted by molar-refractivity contribution is 0.454. The molecular weight excluding hydrogens is 298 g/mol. The minimum atomic E-state index is -0.390. The molecule has 0 N–H and O–H groups in total.